The van der Waals surface area contributed by atoms with E-state index < -0.39 is 0 Å². The van der Waals surface area contributed by atoms with Crippen LogP contribution < -0.4 is 11.1 Å². The molecule has 5 heteroatoms. The number of nitrogens with two attached hydrogens (primary N) is 1. The quantitative estimate of drug-likeness (QED) is 0.433. The molecule has 0 atom stereocenters. The Labute approximate surface area is 135 Å². The van der Waals surface area contributed by atoms with Gasteiger partial charge in [-0.1, -0.05) is 24.3 Å². The molecule has 2 aromatic carbocycles. The molecule has 0 aromatic heterocycles. The van der Waals surface area contributed by atoms with Crippen LogP contribution in [0.2, 0.25) is 0 Å². The van der Waals surface area contributed by atoms with Crippen LogP contribution in [0.4, 0.5) is 5.69 Å². The molecule has 0 spiro atoms. The molecule has 20 heavy (non-hydrogen) atoms. The third kappa shape index (κ3) is 5.08. The van der Waals surface area contributed by atoms with Crippen LogP contribution in [0.1, 0.15) is 11.1 Å². The van der Waals surface area contributed by atoms with Gasteiger partial charge in [-0.25, -0.2) is 4.99 Å². The summed E-state index contributed by atoms with van der Waals surface area (Å²) in [7, 11) is 0. The third-order valence-corrected chi connectivity index (χ3v) is 2.66. The first-order valence-corrected chi connectivity index (χ1v) is 6.05. The third-order valence-electron chi connectivity index (χ3n) is 2.66. The SMILES string of the molecule is Cc1cccc(NC(N)=NCc2ccc(O)cc2)c1.I. The molecule has 0 radical (unpaired) electrons. The van der Waals surface area contributed by atoms with Crippen molar-refractivity contribution in [3.05, 3.63) is 59.7 Å². The molecular formula is C15H18IN3O. The number of benzene rings is 2. The minimum Gasteiger partial charge on any atom is -0.508 e. The van der Waals surface area contributed by atoms with Gasteiger partial charge >= 0.3 is 0 Å². The fraction of sp³-hybridized carbons (Fsp3) is 0.133. The number of aryl methyl sites for hydroxylation is 1. The molecule has 0 amide bonds. The molecule has 0 bridgehead atoms. The summed E-state index contributed by atoms with van der Waals surface area (Å²) >= 11 is 0. The van der Waals surface area contributed by atoms with E-state index >= 15 is 0 Å². The maximum Gasteiger partial charge on any atom is 0.193 e. The number of phenolic OH excluding ortho intramolecular Hbond substituents is 1. The van der Waals surface area contributed by atoms with Crippen LogP contribution in [0.5, 0.6) is 5.75 Å². The summed E-state index contributed by atoms with van der Waals surface area (Å²) in [5, 5.41) is 12.2. The molecule has 0 aliphatic heterocycles. The Kier molecular flexibility index (Phi) is 6.30. The van der Waals surface area contributed by atoms with E-state index in [4.69, 9.17) is 5.73 Å². The van der Waals surface area contributed by atoms with Gasteiger partial charge in [-0.3, -0.25) is 0 Å². The average Bonchev–Trinajstić information content (AvgIpc) is 2.38. The normalized spacial score (nSPS) is 10.8. The number of rotatable bonds is 3. The summed E-state index contributed by atoms with van der Waals surface area (Å²) in [4.78, 5) is 4.25. The monoisotopic (exact) mass is 383 g/mol. The fourth-order valence-corrected chi connectivity index (χ4v) is 1.69. The number of aromatic hydroxyl groups is 1. The lowest BCUT2D eigenvalue weighted by Crippen LogP contribution is -2.22. The van der Waals surface area contributed by atoms with Crippen molar-refractivity contribution in [1.29, 1.82) is 0 Å². The summed E-state index contributed by atoms with van der Waals surface area (Å²) in [6, 6.07) is 14.8. The zero-order valence-corrected chi connectivity index (χ0v) is 13.5. The lowest BCUT2D eigenvalue weighted by Gasteiger charge is -2.06. The number of nitrogens with one attached hydrogen (secondary N) is 1. The van der Waals surface area contributed by atoms with E-state index in [-0.39, 0.29) is 29.7 Å². The lowest BCUT2D eigenvalue weighted by molar-refractivity contribution is 0.475. The van der Waals surface area contributed by atoms with Crippen molar-refractivity contribution in [2.24, 2.45) is 10.7 Å². The highest BCUT2D eigenvalue weighted by Gasteiger charge is 1.96. The molecule has 4 N–H and O–H groups in total. The summed E-state index contributed by atoms with van der Waals surface area (Å²) < 4.78 is 0. The highest BCUT2D eigenvalue weighted by atomic mass is 127. The Morgan fingerprint density at radius 3 is 2.55 bits per heavy atom. The number of nitrogens with zero attached hydrogens (tertiary/aromatic N) is 1. The van der Waals surface area contributed by atoms with Crippen molar-refractivity contribution < 1.29 is 5.11 Å². The van der Waals surface area contributed by atoms with Crippen LogP contribution in [0.3, 0.4) is 0 Å². The van der Waals surface area contributed by atoms with Crippen molar-refractivity contribution in [3.8, 4) is 5.75 Å². The van der Waals surface area contributed by atoms with E-state index in [0.29, 0.717) is 12.5 Å². The van der Waals surface area contributed by atoms with Crippen molar-refractivity contribution in [1.82, 2.24) is 0 Å². The number of guanidine groups is 1. The van der Waals surface area contributed by atoms with Crippen molar-refractivity contribution in [3.63, 3.8) is 0 Å². The van der Waals surface area contributed by atoms with Gasteiger partial charge in [-0.15, -0.1) is 24.0 Å². The van der Waals surface area contributed by atoms with E-state index in [0.717, 1.165) is 16.8 Å². The predicted octanol–water partition coefficient (Wildman–Crippen LogP) is 3.25. The molecule has 0 aliphatic rings. The number of halogens is 1. The zero-order valence-electron chi connectivity index (χ0n) is 11.2. The average molecular weight is 383 g/mol. The Bertz CT molecular complexity index is 582. The van der Waals surface area contributed by atoms with Gasteiger partial charge in [0.1, 0.15) is 5.75 Å². The molecule has 0 unspecified atom stereocenters. The summed E-state index contributed by atoms with van der Waals surface area (Å²) in [5.41, 5.74) is 8.90. The molecule has 2 aromatic rings. The number of anilines is 1. The van der Waals surface area contributed by atoms with Crippen LogP contribution >= 0.6 is 24.0 Å². The Hall–Kier alpha value is -1.76. The highest BCUT2D eigenvalue weighted by Crippen LogP contribution is 2.11. The van der Waals surface area contributed by atoms with Gasteiger partial charge in [0.25, 0.3) is 0 Å². The standard InChI is InChI=1S/C15H17N3O.HI/c1-11-3-2-4-13(9-11)18-15(16)17-10-12-5-7-14(19)8-6-12;/h2-9,19H,10H2,1H3,(H3,16,17,18);1H. The fourth-order valence-electron chi connectivity index (χ4n) is 1.69. The minimum atomic E-state index is 0. The van der Waals surface area contributed by atoms with Gasteiger partial charge in [0, 0.05) is 5.69 Å². The zero-order chi connectivity index (χ0) is 13.7. The van der Waals surface area contributed by atoms with Gasteiger partial charge in [0.2, 0.25) is 0 Å². The Balaban J connectivity index is 0.00000200. The first kappa shape index (κ1) is 16.3. The smallest absolute Gasteiger partial charge is 0.193 e. The molecule has 0 fully saturated rings. The Morgan fingerprint density at radius 1 is 1.20 bits per heavy atom. The predicted molar refractivity (Wildman–Crippen MR) is 93.6 cm³/mol. The number of hydrogen-bond donors (Lipinski definition) is 3. The molecule has 106 valence electrons. The van der Waals surface area contributed by atoms with E-state index in [1.807, 2.05) is 43.3 Å². The van der Waals surface area contributed by atoms with Crippen LogP contribution in [0.25, 0.3) is 0 Å². The molecule has 0 saturated carbocycles. The van der Waals surface area contributed by atoms with E-state index in [1.54, 1.807) is 12.1 Å². The highest BCUT2D eigenvalue weighted by molar-refractivity contribution is 14.0. The second-order valence-corrected chi connectivity index (χ2v) is 4.36. The van der Waals surface area contributed by atoms with Gasteiger partial charge < -0.3 is 16.2 Å². The summed E-state index contributed by atoms with van der Waals surface area (Å²) in [6.45, 7) is 2.50. The summed E-state index contributed by atoms with van der Waals surface area (Å²) in [6.07, 6.45) is 0. The van der Waals surface area contributed by atoms with E-state index in [9.17, 15) is 5.11 Å². The van der Waals surface area contributed by atoms with Crippen LogP contribution in [-0.2, 0) is 6.54 Å². The van der Waals surface area contributed by atoms with E-state index in [1.165, 1.54) is 0 Å². The summed E-state index contributed by atoms with van der Waals surface area (Å²) in [5.74, 6) is 0.622. The second-order valence-electron chi connectivity index (χ2n) is 4.36. The molecule has 4 nitrogen and oxygen atoms in total. The number of hydrogen-bond acceptors (Lipinski definition) is 2. The van der Waals surface area contributed by atoms with Gasteiger partial charge in [-0.2, -0.15) is 0 Å². The number of aliphatic imine (C=N–C) groups is 1. The maximum absolute atomic E-state index is 9.18. The van der Waals surface area contributed by atoms with Crippen LogP contribution in [-0.4, -0.2) is 11.1 Å². The van der Waals surface area contributed by atoms with Gasteiger partial charge in [0.15, 0.2) is 5.96 Å². The molecular weight excluding hydrogens is 365 g/mol. The molecule has 0 aliphatic carbocycles. The molecule has 0 saturated heterocycles. The second kappa shape index (κ2) is 7.74. The number of phenols is 1. The van der Waals surface area contributed by atoms with Crippen molar-refractivity contribution in [2.75, 3.05) is 5.32 Å². The first-order chi connectivity index (χ1) is 9.13. The largest absolute Gasteiger partial charge is 0.508 e. The van der Waals surface area contributed by atoms with E-state index in [2.05, 4.69) is 10.3 Å². The van der Waals surface area contributed by atoms with Crippen LogP contribution in [0, 0.1) is 6.92 Å². The molecule has 2 rings (SSSR count). The van der Waals surface area contributed by atoms with Crippen LogP contribution in [0.15, 0.2) is 53.5 Å². The van der Waals surface area contributed by atoms with Crippen molar-refractivity contribution in [2.45, 2.75) is 13.5 Å². The Morgan fingerprint density at radius 2 is 1.90 bits per heavy atom. The van der Waals surface area contributed by atoms with Crippen molar-refractivity contribution >= 4 is 35.6 Å². The minimum absolute atomic E-state index is 0. The first-order valence-electron chi connectivity index (χ1n) is 6.05. The van der Waals surface area contributed by atoms with Gasteiger partial charge in [0.05, 0.1) is 6.54 Å². The molecule has 0 heterocycles. The lowest BCUT2D eigenvalue weighted by atomic mass is 10.2. The van der Waals surface area contributed by atoms with Gasteiger partial charge in [-0.05, 0) is 42.3 Å². The topological polar surface area (TPSA) is 70.6 Å². The maximum atomic E-state index is 9.18.